The molecular formula is C19H20O2. The van der Waals surface area contributed by atoms with Gasteiger partial charge in [0.25, 0.3) is 0 Å². The summed E-state index contributed by atoms with van der Waals surface area (Å²) in [7, 11) is 0. The van der Waals surface area contributed by atoms with Gasteiger partial charge in [0.05, 0.1) is 0 Å². The predicted molar refractivity (Wildman–Crippen MR) is 86.5 cm³/mol. The summed E-state index contributed by atoms with van der Waals surface area (Å²) in [5.41, 5.74) is 0.593. The summed E-state index contributed by atoms with van der Waals surface area (Å²) < 4.78 is 5.77. The molecule has 0 amide bonds. The predicted octanol–water partition coefficient (Wildman–Crippen LogP) is 5.11. The molecule has 2 aromatic rings. The van der Waals surface area contributed by atoms with E-state index in [4.69, 9.17) is 4.74 Å². The van der Waals surface area contributed by atoms with Gasteiger partial charge in [0.15, 0.2) is 5.78 Å². The number of allylic oxidation sites excluding steroid dienone is 1. The molecule has 0 aliphatic rings. The molecule has 2 rings (SSSR count). The monoisotopic (exact) mass is 280 g/mol. The number of carbonyl (C=O) groups is 1. The van der Waals surface area contributed by atoms with Crippen molar-refractivity contribution in [2.75, 3.05) is 0 Å². The lowest BCUT2D eigenvalue weighted by molar-refractivity contribution is -0.121. The lowest BCUT2D eigenvalue weighted by Gasteiger charge is -2.13. The normalized spacial score (nSPS) is 11.6. The Bertz CT molecular complexity index is 634. The maximum absolute atomic E-state index is 11.9. The summed E-state index contributed by atoms with van der Waals surface area (Å²) in [4.78, 5) is 11.9. The quantitative estimate of drug-likeness (QED) is 0.728. The van der Waals surface area contributed by atoms with Crippen molar-refractivity contribution in [3.63, 3.8) is 0 Å². The Morgan fingerprint density at radius 2 is 1.62 bits per heavy atom. The van der Waals surface area contributed by atoms with Crippen LogP contribution < -0.4 is 4.74 Å². The molecule has 0 fully saturated rings. The lowest BCUT2D eigenvalue weighted by Crippen LogP contribution is -2.17. The van der Waals surface area contributed by atoms with Crippen molar-refractivity contribution >= 4 is 11.9 Å². The largest absolute Gasteiger partial charge is 0.457 e. The van der Waals surface area contributed by atoms with E-state index in [1.807, 2.05) is 81.4 Å². The molecule has 0 radical (unpaired) electrons. The molecule has 0 saturated carbocycles. The maximum atomic E-state index is 11.9. The van der Waals surface area contributed by atoms with Gasteiger partial charge in [0.2, 0.25) is 0 Å². The van der Waals surface area contributed by atoms with Gasteiger partial charge in [0.1, 0.15) is 11.5 Å². The van der Waals surface area contributed by atoms with Gasteiger partial charge in [-0.15, -0.1) is 0 Å². The molecule has 0 aliphatic carbocycles. The van der Waals surface area contributed by atoms with Crippen LogP contribution in [0.1, 0.15) is 26.3 Å². The number of hydrogen-bond donors (Lipinski definition) is 0. The van der Waals surface area contributed by atoms with Gasteiger partial charge in [-0.25, -0.2) is 0 Å². The van der Waals surface area contributed by atoms with Crippen LogP contribution in [0.4, 0.5) is 0 Å². The third-order valence-electron chi connectivity index (χ3n) is 3.00. The van der Waals surface area contributed by atoms with Gasteiger partial charge in [-0.3, -0.25) is 4.79 Å². The Labute approximate surface area is 126 Å². The zero-order valence-corrected chi connectivity index (χ0v) is 12.7. The molecule has 0 N–H and O–H groups in total. The highest BCUT2D eigenvalue weighted by Gasteiger charge is 2.17. The Balaban J connectivity index is 2.11. The Morgan fingerprint density at radius 1 is 0.952 bits per heavy atom. The molecule has 2 heteroatoms. The number of para-hydroxylation sites is 1. The van der Waals surface area contributed by atoms with Crippen molar-refractivity contribution in [2.45, 2.75) is 20.8 Å². The van der Waals surface area contributed by atoms with E-state index in [1.165, 1.54) is 0 Å². The van der Waals surface area contributed by atoms with E-state index in [0.717, 1.165) is 17.1 Å². The molecule has 0 atom stereocenters. The van der Waals surface area contributed by atoms with Gasteiger partial charge in [-0.1, -0.05) is 57.2 Å². The van der Waals surface area contributed by atoms with Crippen molar-refractivity contribution in [1.82, 2.24) is 0 Å². The highest BCUT2D eigenvalue weighted by Crippen LogP contribution is 2.23. The SMILES string of the molecule is CC(C)(C)C(=O)/C=C/c1cccc(Oc2ccccc2)c1. The third kappa shape index (κ3) is 4.60. The lowest BCUT2D eigenvalue weighted by atomic mass is 9.90. The van der Waals surface area contributed by atoms with Crippen LogP contribution in [0.15, 0.2) is 60.7 Å². The summed E-state index contributed by atoms with van der Waals surface area (Å²) in [5, 5.41) is 0. The minimum absolute atomic E-state index is 0.108. The molecule has 0 bridgehead atoms. The minimum Gasteiger partial charge on any atom is -0.457 e. The van der Waals surface area contributed by atoms with Crippen molar-refractivity contribution in [3.05, 3.63) is 66.2 Å². The number of ketones is 1. The van der Waals surface area contributed by atoms with Gasteiger partial charge in [0, 0.05) is 5.41 Å². The highest BCUT2D eigenvalue weighted by molar-refractivity contribution is 5.97. The average molecular weight is 280 g/mol. The smallest absolute Gasteiger partial charge is 0.161 e. The summed E-state index contributed by atoms with van der Waals surface area (Å²) in [6.45, 7) is 5.73. The molecule has 2 aromatic carbocycles. The van der Waals surface area contributed by atoms with Gasteiger partial charge in [-0.05, 0) is 35.9 Å². The van der Waals surface area contributed by atoms with Gasteiger partial charge >= 0.3 is 0 Å². The molecular weight excluding hydrogens is 260 g/mol. The van der Waals surface area contributed by atoms with Gasteiger partial charge in [-0.2, -0.15) is 0 Å². The second-order valence-corrected chi connectivity index (χ2v) is 5.94. The van der Waals surface area contributed by atoms with Crippen molar-refractivity contribution in [3.8, 4) is 11.5 Å². The Kier molecular flexibility index (Phi) is 4.59. The minimum atomic E-state index is -0.353. The van der Waals surface area contributed by atoms with Crippen molar-refractivity contribution in [1.29, 1.82) is 0 Å². The molecule has 0 heterocycles. The fourth-order valence-corrected chi connectivity index (χ4v) is 1.73. The van der Waals surface area contributed by atoms with Crippen LogP contribution in [-0.2, 0) is 4.79 Å². The molecule has 21 heavy (non-hydrogen) atoms. The van der Waals surface area contributed by atoms with E-state index in [-0.39, 0.29) is 11.2 Å². The zero-order valence-electron chi connectivity index (χ0n) is 12.7. The van der Waals surface area contributed by atoms with Crippen LogP contribution >= 0.6 is 0 Å². The van der Waals surface area contributed by atoms with Crippen LogP contribution in [0.5, 0.6) is 11.5 Å². The van der Waals surface area contributed by atoms with Gasteiger partial charge < -0.3 is 4.74 Å². The third-order valence-corrected chi connectivity index (χ3v) is 3.00. The van der Waals surface area contributed by atoms with Crippen molar-refractivity contribution in [2.24, 2.45) is 5.41 Å². The summed E-state index contributed by atoms with van der Waals surface area (Å²) in [6.07, 6.45) is 3.45. The fraction of sp³-hybridized carbons (Fsp3) is 0.211. The van der Waals surface area contributed by atoms with Crippen LogP contribution in [-0.4, -0.2) is 5.78 Å². The average Bonchev–Trinajstić information content (AvgIpc) is 2.45. The molecule has 0 saturated heterocycles. The Morgan fingerprint density at radius 3 is 2.29 bits per heavy atom. The summed E-state index contributed by atoms with van der Waals surface area (Å²) in [5.74, 6) is 1.66. The number of ether oxygens (including phenoxy) is 1. The first-order chi connectivity index (χ1) is 9.95. The second kappa shape index (κ2) is 6.40. The van der Waals surface area contributed by atoms with E-state index < -0.39 is 0 Å². The standard InChI is InChI=1S/C19H20O2/c1-19(2,3)18(20)13-12-15-8-7-11-17(14-15)21-16-9-5-4-6-10-16/h4-14H,1-3H3/b13-12+. The second-order valence-electron chi connectivity index (χ2n) is 5.94. The van der Waals surface area contributed by atoms with Crippen LogP contribution in [0.2, 0.25) is 0 Å². The molecule has 0 aromatic heterocycles. The topological polar surface area (TPSA) is 26.3 Å². The van der Waals surface area contributed by atoms with E-state index >= 15 is 0 Å². The molecule has 0 unspecified atom stereocenters. The molecule has 0 aliphatic heterocycles. The van der Waals surface area contributed by atoms with E-state index in [1.54, 1.807) is 6.08 Å². The zero-order chi connectivity index (χ0) is 15.3. The van der Waals surface area contributed by atoms with Crippen LogP contribution in [0.3, 0.4) is 0 Å². The number of hydrogen-bond acceptors (Lipinski definition) is 2. The summed E-state index contributed by atoms with van der Waals surface area (Å²) in [6, 6.07) is 17.3. The van der Waals surface area contributed by atoms with Crippen LogP contribution in [0.25, 0.3) is 6.08 Å². The van der Waals surface area contributed by atoms with E-state index in [2.05, 4.69) is 0 Å². The Hall–Kier alpha value is -2.35. The van der Waals surface area contributed by atoms with Crippen LogP contribution in [0, 0.1) is 5.41 Å². The van der Waals surface area contributed by atoms with E-state index in [9.17, 15) is 4.79 Å². The fourth-order valence-electron chi connectivity index (χ4n) is 1.73. The molecule has 108 valence electrons. The first-order valence-electron chi connectivity index (χ1n) is 7.01. The number of benzene rings is 2. The maximum Gasteiger partial charge on any atom is 0.161 e. The summed E-state index contributed by atoms with van der Waals surface area (Å²) >= 11 is 0. The van der Waals surface area contributed by atoms with Crippen molar-refractivity contribution < 1.29 is 9.53 Å². The molecule has 0 spiro atoms. The number of rotatable bonds is 4. The number of carbonyl (C=O) groups excluding carboxylic acids is 1. The highest BCUT2D eigenvalue weighted by atomic mass is 16.5. The first-order valence-corrected chi connectivity index (χ1v) is 7.01. The first kappa shape index (κ1) is 15.0. The van der Waals surface area contributed by atoms with E-state index in [0.29, 0.717) is 0 Å². The molecule has 2 nitrogen and oxygen atoms in total.